The molecule has 70 valence electrons. The maximum absolute atomic E-state index is 5.72. The average Bonchev–Trinajstić information content (AvgIpc) is 2.01. The number of ether oxygens (including phenoxy) is 2. The fraction of sp³-hybridized carbons (Fsp3) is 0.444. The van der Waals surface area contributed by atoms with E-state index in [-0.39, 0.29) is 6.10 Å². The van der Waals surface area contributed by atoms with Crippen LogP contribution in [0.3, 0.4) is 0 Å². The Kier molecular flexibility index (Phi) is 2.78. The van der Waals surface area contributed by atoms with Gasteiger partial charge in [-0.15, -0.1) is 0 Å². The maximum Gasteiger partial charge on any atom is 0.129 e. The van der Waals surface area contributed by atoms with E-state index < -0.39 is 0 Å². The van der Waals surface area contributed by atoms with Crippen molar-refractivity contribution in [1.82, 2.24) is 4.98 Å². The third-order valence-corrected chi connectivity index (χ3v) is 2.09. The smallest absolute Gasteiger partial charge is 0.129 e. The summed E-state index contributed by atoms with van der Waals surface area (Å²) in [5.41, 5.74) is 1.05. The van der Waals surface area contributed by atoms with Gasteiger partial charge in [-0.3, -0.25) is 0 Å². The van der Waals surface area contributed by atoms with Gasteiger partial charge in [0, 0.05) is 6.20 Å². The van der Waals surface area contributed by atoms with Crippen molar-refractivity contribution in [3.63, 3.8) is 0 Å². The molecule has 1 aliphatic rings. The maximum atomic E-state index is 5.72. The molecule has 0 radical (unpaired) electrons. The first-order valence-corrected chi connectivity index (χ1v) is 4.52. The van der Waals surface area contributed by atoms with Crippen LogP contribution in [0.4, 0.5) is 0 Å². The molecule has 0 N–H and O–H groups in total. The van der Waals surface area contributed by atoms with Crippen LogP contribution in [-0.2, 0) is 16.1 Å². The Balaban J connectivity index is 1.86. The zero-order valence-electron chi connectivity index (χ0n) is 7.07. The highest BCUT2D eigenvalue weighted by molar-refractivity contribution is 6.29. The highest BCUT2D eigenvalue weighted by Gasteiger charge is 2.18. The molecule has 4 heteroatoms. The molecule has 1 fully saturated rings. The summed E-state index contributed by atoms with van der Waals surface area (Å²) in [5, 5.41) is 0.506. The Morgan fingerprint density at radius 3 is 3.08 bits per heavy atom. The van der Waals surface area contributed by atoms with Gasteiger partial charge in [-0.1, -0.05) is 11.6 Å². The summed E-state index contributed by atoms with van der Waals surface area (Å²) in [6.45, 7) is 1.99. The number of aromatic nitrogens is 1. The molecular weight excluding hydrogens is 190 g/mol. The molecular formula is C9H10ClNO2. The predicted octanol–water partition coefficient (Wildman–Crippen LogP) is 1.65. The summed E-state index contributed by atoms with van der Waals surface area (Å²) < 4.78 is 10.5. The molecule has 0 saturated carbocycles. The quantitative estimate of drug-likeness (QED) is 0.694. The Hall–Kier alpha value is -0.640. The summed E-state index contributed by atoms with van der Waals surface area (Å²) in [5.74, 6) is 0. The second-order valence-corrected chi connectivity index (χ2v) is 3.34. The van der Waals surface area contributed by atoms with Crippen LogP contribution in [0, 0.1) is 0 Å². The van der Waals surface area contributed by atoms with Crippen molar-refractivity contribution in [1.29, 1.82) is 0 Å². The van der Waals surface area contributed by atoms with Gasteiger partial charge < -0.3 is 9.47 Å². The van der Waals surface area contributed by atoms with E-state index in [4.69, 9.17) is 21.1 Å². The molecule has 13 heavy (non-hydrogen) atoms. The van der Waals surface area contributed by atoms with Gasteiger partial charge in [-0.25, -0.2) is 4.98 Å². The fourth-order valence-electron chi connectivity index (χ4n) is 1.06. The second kappa shape index (κ2) is 4.05. The number of hydrogen-bond acceptors (Lipinski definition) is 3. The van der Waals surface area contributed by atoms with Crippen LogP contribution in [0.5, 0.6) is 0 Å². The van der Waals surface area contributed by atoms with Crippen molar-refractivity contribution in [3.8, 4) is 0 Å². The largest absolute Gasteiger partial charge is 0.376 e. The molecule has 0 atom stereocenters. The van der Waals surface area contributed by atoms with E-state index in [1.54, 1.807) is 12.3 Å². The molecule has 0 amide bonds. The Morgan fingerprint density at radius 2 is 2.46 bits per heavy atom. The molecule has 1 aliphatic heterocycles. The lowest BCUT2D eigenvalue weighted by Crippen LogP contribution is -2.35. The zero-order chi connectivity index (χ0) is 9.10. The third-order valence-electron chi connectivity index (χ3n) is 1.88. The average molecular weight is 200 g/mol. The third kappa shape index (κ3) is 2.40. The summed E-state index contributed by atoms with van der Waals surface area (Å²) in [4.78, 5) is 3.89. The first-order valence-electron chi connectivity index (χ1n) is 4.14. The lowest BCUT2D eigenvalue weighted by Gasteiger charge is -2.25. The normalized spacial score (nSPS) is 17.0. The zero-order valence-corrected chi connectivity index (χ0v) is 7.83. The van der Waals surface area contributed by atoms with Crippen LogP contribution in [-0.4, -0.2) is 24.3 Å². The minimum absolute atomic E-state index is 0.256. The minimum atomic E-state index is 0.256. The molecule has 0 spiro atoms. The van der Waals surface area contributed by atoms with E-state index in [0.29, 0.717) is 25.0 Å². The predicted molar refractivity (Wildman–Crippen MR) is 48.6 cm³/mol. The van der Waals surface area contributed by atoms with Crippen LogP contribution in [0.15, 0.2) is 18.3 Å². The van der Waals surface area contributed by atoms with Gasteiger partial charge in [0.05, 0.1) is 19.8 Å². The first kappa shape index (κ1) is 8.94. The van der Waals surface area contributed by atoms with Crippen molar-refractivity contribution in [2.24, 2.45) is 0 Å². The Bertz CT molecular complexity index is 289. The van der Waals surface area contributed by atoms with Crippen LogP contribution in [0.1, 0.15) is 5.56 Å². The van der Waals surface area contributed by atoms with E-state index in [9.17, 15) is 0 Å². The lowest BCUT2D eigenvalue weighted by molar-refractivity contribution is -0.135. The highest BCUT2D eigenvalue weighted by atomic mass is 35.5. The van der Waals surface area contributed by atoms with E-state index in [2.05, 4.69) is 4.98 Å². The standard InChI is InChI=1S/C9H10ClNO2/c10-9-3-7(1-2-11-9)4-13-8-5-12-6-8/h1-3,8H,4-6H2. The SMILES string of the molecule is Clc1cc(COC2COC2)ccn1. The van der Waals surface area contributed by atoms with Gasteiger partial charge >= 0.3 is 0 Å². The van der Waals surface area contributed by atoms with Crippen LogP contribution in [0.25, 0.3) is 0 Å². The highest BCUT2D eigenvalue weighted by Crippen LogP contribution is 2.12. The van der Waals surface area contributed by atoms with Gasteiger partial charge in [-0.2, -0.15) is 0 Å². The lowest BCUT2D eigenvalue weighted by atomic mass is 10.3. The van der Waals surface area contributed by atoms with Gasteiger partial charge in [0.25, 0.3) is 0 Å². The van der Waals surface area contributed by atoms with E-state index in [1.165, 1.54) is 0 Å². The number of pyridine rings is 1. The molecule has 0 aromatic carbocycles. The molecule has 2 rings (SSSR count). The van der Waals surface area contributed by atoms with Gasteiger partial charge in [0.1, 0.15) is 11.3 Å². The summed E-state index contributed by atoms with van der Waals surface area (Å²) in [7, 11) is 0. The Morgan fingerprint density at radius 1 is 1.62 bits per heavy atom. The summed E-state index contributed by atoms with van der Waals surface area (Å²) >= 11 is 5.72. The molecule has 0 unspecified atom stereocenters. The summed E-state index contributed by atoms with van der Waals surface area (Å²) in [6.07, 6.45) is 1.94. The van der Waals surface area contributed by atoms with Crippen molar-refractivity contribution in [3.05, 3.63) is 29.0 Å². The van der Waals surface area contributed by atoms with Gasteiger partial charge in [0.2, 0.25) is 0 Å². The number of halogens is 1. The summed E-state index contributed by atoms with van der Waals surface area (Å²) in [6, 6.07) is 3.70. The van der Waals surface area contributed by atoms with E-state index in [0.717, 1.165) is 5.56 Å². The number of hydrogen-bond donors (Lipinski definition) is 0. The fourth-order valence-corrected chi connectivity index (χ4v) is 1.25. The molecule has 2 heterocycles. The monoisotopic (exact) mass is 199 g/mol. The molecule has 0 bridgehead atoms. The van der Waals surface area contributed by atoms with Gasteiger partial charge in [-0.05, 0) is 17.7 Å². The molecule has 1 aromatic rings. The van der Waals surface area contributed by atoms with Crippen LogP contribution in [0.2, 0.25) is 5.15 Å². The van der Waals surface area contributed by atoms with Gasteiger partial charge in [0.15, 0.2) is 0 Å². The van der Waals surface area contributed by atoms with Crippen LogP contribution < -0.4 is 0 Å². The first-order chi connectivity index (χ1) is 6.34. The second-order valence-electron chi connectivity index (χ2n) is 2.96. The Labute approximate surface area is 81.6 Å². The minimum Gasteiger partial charge on any atom is -0.376 e. The van der Waals surface area contributed by atoms with E-state index in [1.807, 2.05) is 6.07 Å². The van der Waals surface area contributed by atoms with Crippen molar-refractivity contribution in [2.75, 3.05) is 13.2 Å². The molecule has 1 saturated heterocycles. The van der Waals surface area contributed by atoms with E-state index >= 15 is 0 Å². The van der Waals surface area contributed by atoms with Crippen molar-refractivity contribution >= 4 is 11.6 Å². The van der Waals surface area contributed by atoms with Crippen molar-refractivity contribution < 1.29 is 9.47 Å². The molecule has 1 aromatic heterocycles. The van der Waals surface area contributed by atoms with Crippen LogP contribution >= 0.6 is 11.6 Å². The molecule has 0 aliphatic carbocycles. The number of nitrogens with zero attached hydrogens (tertiary/aromatic N) is 1. The molecule has 3 nitrogen and oxygen atoms in total. The topological polar surface area (TPSA) is 31.4 Å². The van der Waals surface area contributed by atoms with Crippen molar-refractivity contribution in [2.45, 2.75) is 12.7 Å². The number of rotatable bonds is 3.